The minimum atomic E-state index is -0.586. The van der Waals surface area contributed by atoms with Gasteiger partial charge < -0.3 is 19.9 Å². The molecule has 2 aromatic carbocycles. The van der Waals surface area contributed by atoms with E-state index in [-0.39, 0.29) is 17.5 Å². The van der Waals surface area contributed by atoms with E-state index in [0.29, 0.717) is 60.1 Å². The Kier molecular flexibility index (Phi) is 5.53. The Morgan fingerprint density at radius 1 is 1.11 bits per heavy atom. The summed E-state index contributed by atoms with van der Waals surface area (Å²) >= 11 is 0. The van der Waals surface area contributed by atoms with Crippen LogP contribution in [0.2, 0.25) is 0 Å². The zero-order valence-corrected chi connectivity index (χ0v) is 19.5. The highest BCUT2D eigenvalue weighted by molar-refractivity contribution is 6.06. The number of amides is 1. The first kappa shape index (κ1) is 22.1. The maximum atomic E-state index is 15.4. The number of aromatic amines is 1. The van der Waals surface area contributed by atoms with E-state index in [4.69, 9.17) is 9.72 Å². The predicted molar refractivity (Wildman–Crippen MR) is 131 cm³/mol. The Labute approximate surface area is 205 Å². The Bertz CT molecular complexity index is 1560. The molecule has 4 heterocycles. The number of H-pyrrole nitrogens is 1. The lowest BCUT2D eigenvalue weighted by Crippen LogP contribution is -2.41. The normalized spacial score (nSPS) is 14.9. The van der Waals surface area contributed by atoms with Crippen LogP contribution in [0.4, 0.5) is 10.2 Å². The second-order valence-electron chi connectivity index (χ2n) is 8.52. The molecule has 0 unspecified atom stereocenters. The van der Waals surface area contributed by atoms with Crippen LogP contribution in [-0.2, 0) is 4.74 Å². The molecule has 0 radical (unpaired) electrons. The number of nitrogens with one attached hydrogen (secondary N) is 2. The minimum Gasteiger partial charge on any atom is -0.378 e. The maximum Gasteiger partial charge on any atom is 0.259 e. The Balaban J connectivity index is 1.52. The third-order valence-electron chi connectivity index (χ3n) is 6.28. The standard InChI is InChI=1S/C25H23FN8O2/c1-15(31-23-20-22(28-13-27-20)29-14-30-23)24-32-18-8-7-17(26)19(25(35)33-9-11-36-12-10-33)21(18)34(24)16-5-3-2-4-6-16/h2-8,13-15H,9-12H2,1H3,(H2,27,28,29,30,31)/t15-/m0/s1. The highest BCUT2D eigenvalue weighted by Gasteiger charge is 2.29. The van der Waals surface area contributed by atoms with Gasteiger partial charge in [-0.2, -0.15) is 0 Å². The van der Waals surface area contributed by atoms with Gasteiger partial charge in [-0.3, -0.25) is 9.36 Å². The van der Waals surface area contributed by atoms with Crippen molar-refractivity contribution in [3.63, 3.8) is 0 Å². The second-order valence-corrected chi connectivity index (χ2v) is 8.52. The van der Waals surface area contributed by atoms with Gasteiger partial charge in [0.05, 0.1) is 36.6 Å². The molecule has 10 nitrogen and oxygen atoms in total. The number of carbonyl (C=O) groups is 1. The first-order chi connectivity index (χ1) is 17.6. The zero-order chi connectivity index (χ0) is 24.6. The third-order valence-corrected chi connectivity index (χ3v) is 6.28. The van der Waals surface area contributed by atoms with Gasteiger partial charge in [0.15, 0.2) is 11.5 Å². The lowest BCUT2D eigenvalue weighted by molar-refractivity contribution is 0.0301. The number of fused-ring (bicyclic) bond motifs is 2. The van der Waals surface area contributed by atoms with Gasteiger partial charge >= 0.3 is 0 Å². The lowest BCUT2D eigenvalue weighted by atomic mass is 10.1. The van der Waals surface area contributed by atoms with Gasteiger partial charge in [-0.25, -0.2) is 24.3 Å². The number of imidazole rings is 2. The molecule has 182 valence electrons. The van der Waals surface area contributed by atoms with Crippen LogP contribution >= 0.6 is 0 Å². The quantitative estimate of drug-likeness (QED) is 0.391. The van der Waals surface area contributed by atoms with Crippen molar-refractivity contribution in [2.75, 3.05) is 31.6 Å². The average molecular weight is 487 g/mol. The van der Waals surface area contributed by atoms with E-state index >= 15 is 4.39 Å². The molecule has 1 amide bonds. The van der Waals surface area contributed by atoms with E-state index in [9.17, 15) is 4.79 Å². The topological polar surface area (TPSA) is 114 Å². The van der Waals surface area contributed by atoms with E-state index in [1.165, 1.54) is 12.4 Å². The molecule has 1 saturated heterocycles. The Morgan fingerprint density at radius 3 is 2.72 bits per heavy atom. The van der Waals surface area contributed by atoms with E-state index in [1.807, 2.05) is 41.8 Å². The molecular weight excluding hydrogens is 463 g/mol. The summed E-state index contributed by atoms with van der Waals surface area (Å²) in [5.74, 6) is 0.174. The van der Waals surface area contributed by atoms with Gasteiger partial charge in [0, 0.05) is 18.8 Å². The zero-order valence-electron chi connectivity index (χ0n) is 19.5. The fraction of sp³-hybridized carbons (Fsp3) is 0.240. The van der Waals surface area contributed by atoms with Gasteiger partial charge in [0.25, 0.3) is 5.91 Å². The van der Waals surface area contributed by atoms with Gasteiger partial charge in [0.2, 0.25) is 0 Å². The SMILES string of the molecule is C[C@H](Nc1ncnc2[nH]cnc12)c1nc2ccc(F)c(C(=O)N3CCOCC3)c2n1-c1ccccc1. The Morgan fingerprint density at radius 2 is 1.92 bits per heavy atom. The number of ether oxygens (including phenoxy) is 1. The van der Waals surface area contributed by atoms with Crippen LogP contribution in [0, 0.1) is 5.82 Å². The summed E-state index contributed by atoms with van der Waals surface area (Å²) in [4.78, 5) is 35.8. The van der Waals surface area contributed by atoms with Crippen LogP contribution < -0.4 is 5.32 Å². The van der Waals surface area contributed by atoms with Gasteiger partial charge in [-0.15, -0.1) is 0 Å². The van der Waals surface area contributed by atoms with Crippen LogP contribution in [-0.4, -0.2) is 66.6 Å². The Hall–Kier alpha value is -4.38. The number of para-hydroxylation sites is 1. The lowest BCUT2D eigenvalue weighted by Gasteiger charge is -2.27. The largest absolute Gasteiger partial charge is 0.378 e. The number of carbonyl (C=O) groups excluding carboxylic acids is 1. The molecule has 1 aliphatic rings. The number of aromatic nitrogens is 6. The molecule has 0 bridgehead atoms. The van der Waals surface area contributed by atoms with Crippen molar-refractivity contribution in [2.45, 2.75) is 13.0 Å². The summed E-state index contributed by atoms with van der Waals surface area (Å²) < 4.78 is 22.6. The van der Waals surface area contributed by atoms with Crippen molar-refractivity contribution < 1.29 is 13.9 Å². The van der Waals surface area contributed by atoms with E-state index in [1.54, 1.807) is 17.3 Å². The molecule has 36 heavy (non-hydrogen) atoms. The monoisotopic (exact) mass is 486 g/mol. The molecule has 1 atom stereocenters. The van der Waals surface area contributed by atoms with Gasteiger partial charge in [0.1, 0.15) is 29.0 Å². The summed E-state index contributed by atoms with van der Waals surface area (Å²) in [6, 6.07) is 12.0. The van der Waals surface area contributed by atoms with Crippen LogP contribution in [0.25, 0.3) is 27.9 Å². The van der Waals surface area contributed by atoms with Crippen molar-refractivity contribution in [1.82, 2.24) is 34.4 Å². The van der Waals surface area contributed by atoms with Crippen LogP contribution in [0.3, 0.4) is 0 Å². The van der Waals surface area contributed by atoms with Crippen LogP contribution in [0.1, 0.15) is 29.1 Å². The number of nitrogens with zero attached hydrogens (tertiary/aromatic N) is 6. The molecule has 3 aromatic heterocycles. The number of hydrogen-bond acceptors (Lipinski definition) is 7. The van der Waals surface area contributed by atoms with Crippen molar-refractivity contribution >= 4 is 33.9 Å². The second kappa shape index (κ2) is 9.00. The predicted octanol–water partition coefficient (Wildman–Crippen LogP) is 3.48. The molecule has 5 aromatic rings. The molecule has 1 fully saturated rings. The highest BCUT2D eigenvalue weighted by atomic mass is 19.1. The van der Waals surface area contributed by atoms with Gasteiger partial charge in [-0.1, -0.05) is 18.2 Å². The number of rotatable bonds is 5. The van der Waals surface area contributed by atoms with Crippen molar-refractivity contribution in [3.8, 4) is 5.69 Å². The number of benzene rings is 2. The number of anilines is 1. The smallest absolute Gasteiger partial charge is 0.259 e. The first-order valence-corrected chi connectivity index (χ1v) is 11.7. The summed E-state index contributed by atoms with van der Waals surface area (Å²) in [5.41, 5.74) is 2.92. The van der Waals surface area contributed by atoms with Crippen molar-refractivity contribution in [1.29, 1.82) is 0 Å². The third kappa shape index (κ3) is 3.73. The summed E-state index contributed by atoms with van der Waals surface area (Å²) in [7, 11) is 0. The summed E-state index contributed by atoms with van der Waals surface area (Å²) in [5, 5.41) is 3.36. The van der Waals surface area contributed by atoms with E-state index in [2.05, 4.69) is 25.3 Å². The van der Waals surface area contributed by atoms with Crippen LogP contribution in [0.15, 0.2) is 55.1 Å². The first-order valence-electron chi connectivity index (χ1n) is 11.7. The van der Waals surface area contributed by atoms with Crippen molar-refractivity contribution in [2.24, 2.45) is 0 Å². The summed E-state index contributed by atoms with van der Waals surface area (Å²) in [6.45, 7) is 3.60. The molecule has 2 N–H and O–H groups in total. The fourth-order valence-electron chi connectivity index (χ4n) is 4.56. The molecule has 6 rings (SSSR count). The van der Waals surface area contributed by atoms with Gasteiger partial charge in [-0.05, 0) is 31.2 Å². The highest BCUT2D eigenvalue weighted by Crippen LogP contribution is 2.32. The number of morpholine rings is 1. The number of halogens is 1. The van der Waals surface area contributed by atoms with Crippen molar-refractivity contribution in [3.05, 3.63) is 72.3 Å². The minimum absolute atomic E-state index is 0.000862. The molecule has 0 aliphatic carbocycles. The molecule has 1 aliphatic heterocycles. The maximum absolute atomic E-state index is 15.4. The molecule has 11 heteroatoms. The molecular formula is C25H23FN8O2. The van der Waals surface area contributed by atoms with E-state index < -0.39 is 5.82 Å². The average Bonchev–Trinajstić information content (AvgIpc) is 3.55. The molecule has 0 saturated carbocycles. The van der Waals surface area contributed by atoms with E-state index in [0.717, 1.165) is 5.69 Å². The fourth-order valence-corrected chi connectivity index (χ4v) is 4.56. The number of hydrogen-bond donors (Lipinski definition) is 2. The summed E-state index contributed by atoms with van der Waals surface area (Å²) in [6.07, 6.45) is 3.00. The van der Waals surface area contributed by atoms with Crippen LogP contribution in [0.5, 0.6) is 0 Å². The molecule has 0 spiro atoms.